The standard InChI is InChI=1S/C12H15N3O4/c1-19-12(18)9-5-13-6-10(15-9)14-8-3-2-7(4-8)11(16)17/h5-8H,2-4H2,1H3,(H,14,15)(H,16,17)/t7-,8+/m1/s1. The summed E-state index contributed by atoms with van der Waals surface area (Å²) in [5, 5.41) is 12.0. The molecule has 1 heterocycles. The lowest BCUT2D eigenvalue weighted by Crippen LogP contribution is -2.19. The zero-order valence-corrected chi connectivity index (χ0v) is 10.5. The third kappa shape index (κ3) is 3.18. The Bertz CT molecular complexity index is 492. The Morgan fingerprint density at radius 3 is 2.84 bits per heavy atom. The number of ether oxygens (including phenoxy) is 1. The second-order valence-electron chi connectivity index (χ2n) is 4.47. The average Bonchev–Trinajstić information content (AvgIpc) is 2.87. The van der Waals surface area contributed by atoms with E-state index >= 15 is 0 Å². The van der Waals surface area contributed by atoms with Crippen LogP contribution in [0.2, 0.25) is 0 Å². The highest BCUT2D eigenvalue weighted by Crippen LogP contribution is 2.27. The molecule has 1 aromatic heterocycles. The number of aromatic nitrogens is 2. The molecule has 0 radical (unpaired) electrons. The lowest BCUT2D eigenvalue weighted by molar-refractivity contribution is -0.141. The highest BCUT2D eigenvalue weighted by atomic mass is 16.5. The first-order valence-corrected chi connectivity index (χ1v) is 6.00. The van der Waals surface area contributed by atoms with E-state index in [1.54, 1.807) is 0 Å². The Labute approximate surface area is 110 Å². The molecular formula is C12H15N3O4. The zero-order valence-electron chi connectivity index (χ0n) is 10.5. The van der Waals surface area contributed by atoms with Crippen molar-refractivity contribution in [1.82, 2.24) is 9.97 Å². The van der Waals surface area contributed by atoms with Gasteiger partial charge in [-0.25, -0.2) is 9.78 Å². The fourth-order valence-corrected chi connectivity index (χ4v) is 2.18. The van der Waals surface area contributed by atoms with Crippen molar-refractivity contribution >= 4 is 17.8 Å². The molecule has 2 atom stereocenters. The van der Waals surface area contributed by atoms with Crippen molar-refractivity contribution in [3.63, 3.8) is 0 Å². The molecule has 1 fully saturated rings. The fourth-order valence-electron chi connectivity index (χ4n) is 2.18. The van der Waals surface area contributed by atoms with E-state index in [0.29, 0.717) is 18.7 Å². The van der Waals surface area contributed by atoms with Crippen LogP contribution in [0.5, 0.6) is 0 Å². The summed E-state index contributed by atoms with van der Waals surface area (Å²) in [7, 11) is 1.28. The van der Waals surface area contributed by atoms with Crippen LogP contribution < -0.4 is 5.32 Å². The van der Waals surface area contributed by atoms with E-state index in [4.69, 9.17) is 5.11 Å². The molecule has 0 aliphatic heterocycles. The van der Waals surface area contributed by atoms with Crippen LogP contribution in [0.3, 0.4) is 0 Å². The Kier molecular flexibility index (Phi) is 3.94. The van der Waals surface area contributed by atoms with E-state index in [2.05, 4.69) is 20.0 Å². The second-order valence-corrected chi connectivity index (χ2v) is 4.47. The molecule has 1 aliphatic rings. The van der Waals surface area contributed by atoms with Crippen LogP contribution in [-0.2, 0) is 9.53 Å². The van der Waals surface area contributed by atoms with Gasteiger partial charge in [0.05, 0.1) is 25.4 Å². The number of nitrogens with zero attached hydrogens (tertiary/aromatic N) is 2. The van der Waals surface area contributed by atoms with Crippen molar-refractivity contribution in [3.8, 4) is 0 Å². The molecule has 102 valence electrons. The van der Waals surface area contributed by atoms with Crippen LogP contribution in [-0.4, -0.2) is 40.2 Å². The van der Waals surface area contributed by atoms with Gasteiger partial charge in [0, 0.05) is 6.04 Å². The highest BCUT2D eigenvalue weighted by molar-refractivity contribution is 5.87. The van der Waals surface area contributed by atoms with Crippen molar-refractivity contribution in [1.29, 1.82) is 0 Å². The summed E-state index contributed by atoms with van der Waals surface area (Å²) in [6.07, 6.45) is 4.80. The molecule has 7 nitrogen and oxygen atoms in total. The van der Waals surface area contributed by atoms with Crippen molar-refractivity contribution in [2.24, 2.45) is 5.92 Å². The number of esters is 1. The molecule has 0 unspecified atom stereocenters. The number of hydrogen-bond acceptors (Lipinski definition) is 6. The van der Waals surface area contributed by atoms with Gasteiger partial charge in [-0.2, -0.15) is 0 Å². The van der Waals surface area contributed by atoms with Gasteiger partial charge in [0.2, 0.25) is 0 Å². The summed E-state index contributed by atoms with van der Waals surface area (Å²) in [4.78, 5) is 30.2. The van der Waals surface area contributed by atoms with Gasteiger partial charge in [-0.3, -0.25) is 9.78 Å². The maximum absolute atomic E-state index is 11.3. The molecule has 0 aromatic carbocycles. The van der Waals surface area contributed by atoms with Crippen molar-refractivity contribution < 1.29 is 19.4 Å². The quantitative estimate of drug-likeness (QED) is 0.781. The SMILES string of the molecule is COC(=O)c1cncc(N[C@H]2CC[C@@H](C(=O)O)C2)n1. The molecular weight excluding hydrogens is 250 g/mol. The van der Waals surface area contributed by atoms with Gasteiger partial charge in [-0.15, -0.1) is 0 Å². The molecule has 1 aromatic rings. The summed E-state index contributed by atoms with van der Waals surface area (Å²) in [5.41, 5.74) is 0.125. The Balaban J connectivity index is 2.00. The van der Waals surface area contributed by atoms with Crippen molar-refractivity contribution in [2.45, 2.75) is 25.3 Å². The van der Waals surface area contributed by atoms with Crippen LogP contribution in [0, 0.1) is 5.92 Å². The minimum absolute atomic E-state index is 0.0447. The summed E-state index contributed by atoms with van der Waals surface area (Å²) < 4.78 is 4.56. The normalized spacial score (nSPS) is 21.9. The van der Waals surface area contributed by atoms with Crippen LogP contribution in [0.15, 0.2) is 12.4 Å². The number of methoxy groups -OCH3 is 1. The minimum atomic E-state index is -0.765. The molecule has 19 heavy (non-hydrogen) atoms. The highest BCUT2D eigenvalue weighted by Gasteiger charge is 2.29. The maximum Gasteiger partial charge on any atom is 0.358 e. The summed E-state index contributed by atoms with van der Waals surface area (Å²) >= 11 is 0. The first-order valence-electron chi connectivity index (χ1n) is 6.00. The predicted octanol–water partition coefficient (Wildman–Crippen LogP) is 0.928. The van der Waals surface area contributed by atoms with Crippen LogP contribution in [0.25, 0.3) is 0 Å². The molecule has 2 rings (SSSR count). The smallest absolute Gasteiger partial charge is 0.358 e. The maximum atomic E-state index is 11.3. The molecule has 2 N–H and O–H groups in total. The number of nitrogens with one attached hydrogen (secondary N) is 1. The lowest BCUT2D eigenvalue weighted by atomic mass is 10.1. The second kappa shape index (κ2) is 5.64. The molecule has 0 amide bonds. The van der Waals surface area contributed by atoms with Gasteiger partial charge in [0.25, 0.3) is 0 Å². The number of carbonyl (C=O) groups is 2. The number of carboxylic acid groups (broad SMARTS) is 1. The van der Waals surface area contributed by atoms with Crippen molar-refractivity contribution in [2.75, 3.05) is 12.4 Å². The van der Waals surface area contributed by atoms with Crippen LogP contribution >= 0.6 is 0 Å². The van der Waals surface area contributed by atoms with Gasteiger partial charge in [0.15, 0.2) is 5.69 Å². The number of anilines is 1. The zero-order chi connectivity index (χ0) is 13.8. The minimum Gasteiger partial charge on any atom is -0.481 e. The number of rotatable bonds is 4. The van der Waals surface area contributed by atoms with E-state index in [0.717, 1.165) is 6.42 Å². The predicted molar refractivity (Wildman–Crippen MR) is 65.8 cm³/mol. The molecule has 0 spiro atoms. The van der Waals surface area contributed by atoms with Crippen molar-refractivity contribution in [3.05, 3.63) is 18.1 Å². The van der Waals surface area contributed by atoms with Gasteiger partial charge in [0.1, 0.15) is 5.82 Å². The van der Waals surface area contributed by atoms with E-state index in [-0.39, 0.29) is 17.7 Å². The van der Waals surface area contributed by atoms with Gasteiger partial charge in [-0.1, -0.05) is 0 Å². The molecule has 1 aliphatic carbocycles. The Hall–Kier alpha value is -2.18. The average molecular weight is 265 g/mol. The van der Waals surface area contributed by atoms with Gasteiger partial charge in [-0.05, 0) is 19.3 Å². The van der Waals surface area contributed by atoms with Gasteiger partial charge < -0.3 is 15.2 Å². The first kappa shape index (κ1) is 13.3. The van der Waals surface area contributed by atoms with E-state index < -0.39 is 11.9 Å². The molecule has 1 saturated carbocycles. The monoisotopic (exact) mass is 265 g/mol. The molecule has 0 bridgehead atoms. The van der Waals surface area contributed by atoms with Gasteiger partial charge >= 0.3 is 11.9 Å². The topological polar surface area (TPSA) is 101 Å². The fraction of sp³-hybridized carbons (Fsp3) is 0.500. The number of carbonyl (C=O) groups excluding carboxylic acids is 1. The van der Waals surface area contributed by atoms with Crippen LogP contribution in [0.1, 0.15) is 29.8 Å². The number of hydrogen-bond donors (Lipinski definition) is 2. The Morgan fingerprint density at radius 2 is 2.21 bits per heavy atom. The van der Waals surface area contributed by atoms with E-state index in [1.807, 2.05) is 0 Å². The summed E-state index contributed by atoms with van der Waals surface area (Å²) in [5.74, 6) is -1.17. The molecule has 0 saturated heterocycles. The lowest BCUT2D eigenvalue weighted by Gasteiger charge is -2.13. The van der Waals surface area contributed by atoms with E-state index in [9.17, 15) is 9.59 Å². The molecule has 7 heteroatoms. The van der Waals surface area contributed by atoms with E-state index in [1.165, 1.54) is 19.5 Å². The first-order chi connectivity index (χ1) is 9.10. The Morgan fingerprint density at radius 1 is 1.42 bits per heavy atom. The third-order valence-corrected chi connectivity index (χ3v) is 3.16. The number of aliphatic carboxylic acids is 1. The summed E-state index contributed by atoms with van der Waals surface area (Å²) in [6.45, 7) is 0. The van der Waals surface area contributed by atoms with Crippen LogP contribution in [0.4, 0.5) is 5.82 Å². The summed E-state index contributed by atoms with van der Waals surface area (Å²) in [6, 6.07) is 0.0447. The number of carboxylic acids is 1. The largest absolute Gasteiger partial charge is 0.481 e. The third-order valence-electron chi connectivity index (χ3n) is 3.16.